The summed E-state index contributed by atoms with van der Waals surface area (Å²) in [5.74, 6) is -0.144. The molecule has 2 heterocycles. The number of aromatic nitrogens is 1. The van der Waals surface area contributed by atoms with E-state index >= 15 is 0 Å². The summed E-state index contributed by atoms with van der Waals surface area (Å²) in [6, 6.07) is 8.25. The van der Waals surface area contributed by atoms with E-state index in [1.807, 2.05) is 19.1 Å². The van der Waals surface area contributed by atoms with Crippen LogP contribution in [0.1, 0.15) is 58.2 Å². The lowest BCUT2D eigenvalue weighted by Crippen LogP contribution is -2.14. The third-order valence-electron chi connectivity index (χ3n) is 5.43. The molecule has 0 saturated carbocycles. The van der Waals surface area contributed by atoms with Crippen LogP contribution in [0.15, 0.2) is 24.3 Å². The second-order valence-corrected chi connectivity index (χ2v) is 8.27. The zero-order valence-corrected chi connectivity index (χ0v) is 16.7. The van der Waals surface area contributed by atoms with Gasteiger partial charge in [0.25, 0.3) is 5.91 Å². The third kappa shape index (κ3) is 3.32. The Bertz CT molecular complexity index is 1020. The Kier molecular flexibility index (Phi) is 4.87. The molecule has 0 saturated heterocycles. The summed E-state index contributed by atoms with van der Waals surface area (Å²) in [4.78, 5) is 19.3. The number of hydrogen-bond acceptors (Lipinski definition) is 4. The molecule has 0 unspecified atom stereocenters. The molecule has 5 heteroatoms. The average molecular weight is 380 g/mol. The van der Waals surface area contributed by atoms with Gasteiger partial charge in [-0.25, -0.2) is 4.98 Å². The van der Waals surface area contributed by atoms with Crippen molar-refractivity contribution in [3.05, 3.63) is 51.5 Å². The summed E-state index contributed by atoms with van der Waals surface area (Å²) in [5, 5.41) is 4.01. The van der Waals surface area contributed by atoms with Crippen molar-refractivity contribution in [3.8, 4) is 0 Å². The number of para-hydroxylation sites is 1. The number of thiophene rings is 1. The number of carbonyl (C=O) groups is 1. The standard InChI is InChI=1S/C22H25N3OS/c1-3-14-10-7-8-13(2)19(14)25-21(26)20-18(23)16-12-15-9-5-4-6-11-17(15)24-22(16)27-20/h7-8,10,12H,3-6,9,11,23H2,1-2H3,(H,25,26). The van der Waals surface area contributed by atoms with Gasteiger partial charge in [0.2, 0.25) is 0 Å². The number of benzene rings is 1. The molecule has 1 aliphatic carbocycles. The Morgan fingerprint density at radius 2 is 2.07 bits per heavy atom. The number of nitrogen functional groups attached to an aromatic ring is 1. The highest BCUT2D eigenvalue weighted by Gasteiger charge is 2.21. The van der Waals surface area contributed by atoms with E-state index < -0.39 is 0 Å². The first-order chi connectivity index (χ1) is 13.1. The molecular weight excluding hydrogens is 354 g/mol. The Hall–Kier alpha value is -2.40. The first-order valence-corrected chi connectivity index (χ1v) is 10.5. The minimum absolute atomic E-state index is 0.144. The molecule has 4 nitrogen and oxygen atoms in total. The highest BCUT2D eigenvalue weighted by atomic mass is 32.1. The van der Waals surface area contributed by atoms with Gasteiger partial charge in [0, 0.05) is 16.8 Å². The number of nitrogens with zero attached hydrogens (tertiary/aromatic N) is 1. The number of hydrogen-bond donors (Lipinski definition) is 2. The van der Waals surface area contributed by atoms with E-state index in [1.165, 1.54) is 41.9 Å². The smallest absolute Gasteiger partial charge is 0.267 e. The highest BCUT2D eigenvalue weighted by molar-refractivity contribution is 7.21. The fourth-order valence-electron chi connectivity index (χ4n) is 3.88. The minimum atomic E-state index is -0.144. The van der Waals surface area contributed by atoms with Gasteiger partial charge in [-0.1, -0.05) is 31.5 Å². The number of pyridine rings is 1. The maximum atomic E-state index is 13.0. The van der Waals surface area contributed by atoms with E-state index in [4.69, 9.17) is 10.7 Å². The molecule has 0 aliphatic heterocycles. The topological polar surface area (TPSA) is 68.0 Å². The number of anilines is 2. The fraction of sp³-hybridized carbons (Fsp3) is 0.364. The molecule has 1 amide bonds. The Balaban J connectivity index is 1.72. The van der Waals surface area contributed by atoms with Gasteiger partial charge in [-0.2, -0.15) is 0 Å². The molecule has 3 N–H and O–H groups in total. The van der Waals surface area contributed by atoms with Crippen LogP contribution in [0.4, 0.5) is 11.4 Å². The first kappa shape index (κ1) is 18.0. The lowest BCUT2D eigenvalue weighted by atomic mass is 10.1. The summed E-state index contributed by atoms with van der Waals surface area (Å²) in [5.41, 5.74) is 12.5. The zero-order chi connectivity index (χ0) is 19.0. The van der Waals surface area contributed by atoms with Gasteiger partial charge in [0.15, 0.2) is 0 Å². The quantitative estimate of drug-likeness (QED) is 0.609. The molecule has 0 radical (unpaired) electrons. The van der Waals surface area contributed by atoms with E-state index in [2.05, 4.69) is 24.4 Å². The number of carbonyl (C=O) groups excluding carboxylic acids is 1. The lowest BCUT2D eigenvalue weighted by Gasteiger charge is -2.12. The normalized spacial score (nSPS) is 14.0. The zero-order valence-electron chi connectivity index (χ0n) is 15.9. The molecule has 0 bridgehead atoms. The molecule has 140 valence electrons. The number of amides is 1. The lowest BCUT2D eigenvalue weighted by molar-refractivity contribution is 0.103. The summed E-state index contributed by atoms with van der Waals surface area (Å²) in [6.07, 6.45) is 6.58. The van der Waals surface area contributed by atoms with E-state index in [-0.39, 0.29) is 5.91 Å². The predicted molar refractivity (Wildman–Crippen MR) is 114 cm³/mol. The van der Waals surface area contributed by atoms with Gasteiger partial charge in [0.1, 0.15) is 9.71 Å². The van der Waals surface area contributed by atoms with Gasteiger partial charge >= 0.3 is 0 Å². The van der Waals surface area contributed by atoms with E-state index in [0.29, 0.717) is 10.6 Å². The van der Waals surface area contributed by atoms with Gasteiger partial charge in [-0.05, 0) is 61.8 Å². The SMILES string of the molecule is CCc1cccc(C)c1NC(=O)c1sc2nc3c(cc2c1N)CCCCC3. The van der Waals surface area contributed by atoms with Crippen molar-refractivity contribution in [2.75, 3.05) is 11.1 Å². The second kappa shape index (κ2) is 7.31. The number of rotatable bonds is 3. The van der Waals surface area contributed by atoms with Crippen LogP contribution in [0.25, 0.3) is 10.2 Å². The van der Waals surface area contributed by atoms with Crippen LogP contribution in [0.5, 0.6) is 0 Å². The van der Waals surface area contributed by atoms with Crippen LogP contribution in [0, 0.1) is 6.92 Å². The molecule has 1 aliphatic rings. The molecule has 4 rings (SSSR count). The summed E-state index contributed by atoms with van der Waals surface area (Å²) >= 11 is 1.40. The van der Waals surface area contributed by atoms with Gasteiger partial charge < -0.3 is 11.1 Å². The van der Waals surface area contributed by atoms with E-state index in [0.717, 1.165) is 46.3 Å². The van der Waals surface area contributed by atoms with Crippen molar-refractivity contribution in [2.24, 2.45) is 0 Å². The van der Waals surface area contributed by atoms with Crippen LogP contribution in [-0.2, 0) is 19.3 Å². The molecular formula is C22H25N3OS. The van der Waals surface area contributed by atoms with Crippen molar-refractivity contribution in [1.82, 2.24) is 4.98 Å². The van der Waals surface area contributed by atoms with Crippen molar-refractivity contribution in [1.29, 1.82) is 0 Å². The van der Waals surface area contributed by atoms with Crippen LogP contribution in [-0.4, -0.2) is 10.9 Å². The largest absolute Gasteiger partial charge is 0.397 e. The Morgan fingerprint density at radius 3 is 2.89 bits per heavy atom. The highest BCUT2D eigenvalue weighted by Crippen LogP contribution is 2.36. The van der Waals surface area contributed by atoms with Gasteiger partial charge in [-0.3, -0.25) is 4.79 Å². The predicted octanol–water partition coefficient (Wildman–Crippen LogP) is 5.27. The van der Waals surface area contributed by atoms with Gasteiger partial charge in [0.05, 0.1) is 5.69 Å². The average Bonchev–Trinajstić information content (AvgIpc) is 2.83. The Labute approximate surface area is 163 Å². The van der Waals surface area contributed by atoms with Gasteiger partial charge in [-0.15, -0.1) is 11.3 Å². The molecule has 0 fully saturated rings. The molecule has 2 aromatic heterocycles. The van der Waals surface area contributed by atoms with Crippen molar-refractivity contribution in [2.45, 2.75) is 52.4 Å². The van der Waals surface area contributed by atoms with Crippen LogP contribution < -0.4 is 11.1 Å². The third-order valence-corrected chi connectivity index (χ3v) is 6.55. The van der Waals surface area contributed by atoms with Crippen LogP contribution in [0.2, 0.25) is 0 Å². The number of aryl methyl sites for hydroxylation is 4. The molecule has 0 atom stereocenters. The summed E-state index contributed by atoms with van der Waals surface area (Å²) < 4.78 is 0. The molecule has 1 aromatic carbocycles. The molecule has 0 spiro atoms. The minimum Gasteiger partial charge on any atom is -0.397 e. The van der Waals surface area contributed by atoms with E-state index in [1.54, 1.807) is 0 Å². The first-order valence-electron chi connectivity index (χ1n) is 9.69. The second-order valence-electron chi connectivity index (χ2n) is 7.27. The number of nitrogens with two attached hydrogens (primary N) is 1. The molecule has 3 aromatic rings. The van der Waals surface area contributed by atoms with Crippen LogP contribution >= 0.6 is 11.3 Å². The summed E-state index contributed by atoms with van der Waals surface area (Å²) in [7, 11) is 0. The molecule has 27 heavy (non-hydrogen) atoms. The maximum absolute atomic E-state index is 13.0. The monoisotopic (exact) mass is 379 g/mol. The maximum Gasteiger partial charge on any atom is 0.267 e. The van der Waals surface area contributed by atoms with Crippen molar-refractivity contribution >= 4 is 38.8 Å². The summed E-state index contributed by atoms with van der Waals surface area (Å²) in [6.45, 7) is 4.11. The fourth-order valence-corrected chi connectivity index (χ4v) is 4.87. The number of fused-ring (bicyclic) bond motifs is 2. The van der Waals surface area contributed by atoms with Crippen LogP contribution in [0.3, 0.4) is 0 Å². The van der Waals surface area contributed by atoms with Crippen molar-refractivity contribution in [3.63, 3.8) is 0 Å². The van der Waals surface area contributed by atoms with E-state index in [9.17, 15) is 4.79 Å². The number of nitrogens with one attached hydrogen (secondary N) is 1. The Morgan fingerprint density at radius 1 is 1.26 bits per heavy atom. The van der Waals surface area contributed by atoms with Crippen molar-refractivity contribution < 1.29 is 4.79 Å².